The number of nitro groups is 1. The van der Waals surface area contributed by atoms with Crippen molar-refractivity contribution in [3.63, 3.8) is 0 Å². The van der Waals surface area contributed by atoms with E-state index in [1.807, 2.05) is 78.2 Å². The minimum absolute atomic E-state index is 0.0650. The molecule has 0 radical (unpaired) electrons. The molecule has 1 N–H and O–H groups in total. The number of ether oxygens (including phenoxy) is 2. The van der Waals surface area contributed by atoms with Gasteiger partial charge in [-0.25, -0.2) is 9.69 Å². The van der Waals surface area contributed by atoms with Gasteiger partial charge in [-0.15, -0.1) is 0 Å². The first-order valence-corrected chi connectivity index (χ1v) is 15.2. The van der Waals surface area contributed by atoms with Crippen molar-refractivity contribution >= 4 is 35.3 Å². The Hall–Kier alpha value is -6.49. The van der Waals surface area contributed by atoms with Crippen LogP contribution in [0.4, 0.5) is 16.2 Å². The molecule has 0 saturated carbocycles. The van der Waals surface area contributed by atoms with Crippen molar-refractivity contribution in [3.05, 3.63) is 130 Å². The van der Waals surface area contributed by atoms with Gasteiger partial charge in [-0.3, -0.25) is 25.0 Å². The third-order valence-corrected chi connectivity index (χ3v) is 7.65. The van der Waals surface area contributed by atoms with Gasteiger partial charge in [0.1, 0.15) is 17.1 Å². The Morgan fingerprint density at radius 3 is 2.06 bits per heavy atom. The fourth-order valence-corrected chi connectivity index (χ4v) is 5.58. The number of urea groups is 1. The average molecular weight is 643 g/mol. The van der Waals surface area contributed by atoms with Gasteiger partial charge in [0.15, 0.2) is 0 Å². The molecule has 6 rings (SSSR count). The molecule has 48 heavy (non-hydrogen) atoms. The Morgan fingerprint density at radius 1 is 0.792 bits per heavy atom. The normalized spacial score (nSPS) is 13.8. The van der Waals surface area contributed by atoms with Crippen molar-refractivity contribution in [2.24, 2.45) is 0 Å². The van der Waals surface area contributed by atoms with E-state index in [0.29, 0.717) is 35.0 Å². The number of non-ortho nitro benzene ring substituents is 1. The molecule has 4 aromatic carbocycles. The fourth-order valence-electron chi connectivity index (χ4n) is 5.58. The van der Waals surface area contributed by atoms with Gasteiger partial charge in [-0.1, -0.05) is 60.7 Å². The quantitative estimate of drug-likeness (QED) is 0.0738. The molecule has 1 aromatic heterocycles. The molecular formula is C37H30N4O7. The van der Waals surface area contributed by atoms with Gasteiger partial charge >= 0.3 is 6.03 Å². The van der Waals surface area contributed by atoms with E-state index < -0.39 is 22.8 Å². The van der Waals surface area contributed by atoms with Crippen LogP contribution in [0.5, 0.6) is 11.5 Å². The number of nitro benzene ring substituents is 1. The summed E-state index contributed by atoms with van der Waals surface area (Å²) in [6.45, 7) is 4.21. The molecule has 1 aliphatic heterocycles. The summed E-state index contributed by atoms with van der Waals surface area (Å²) in [5.74, 6) is -1.03. The van der Waals surface area contributed by atoms with Gasteiger partial charge in [0, 0.05) is 29.4 Å². The average Bonchev–Trinajstić information content (AvgIpc) is 3.48. The number of anilines is 1. The minimum atomic E-state index is -0.923. The first-order chi connectivity index (χ1) is 23.3. The maximum atomic E-state index is 14.2. The zero-order valence-corrected chi connectivity index (χ0v) is 26.1. The zero-order valence-electron chi connectivity index (χ0n) is 26.1. The summed E-state index contributed by atoms with van der Waals surface area (Å²) in [5, 5.41) is 13.8. The van der Waals surface area contributed by atoms with Crippen LogP contribution >= 0.6 is 0 Å². The largest absolute Gasteiger partial charge is 0.494 e. The molecule has 5 aromatic rings. The van der Waals surface area contributed by atoms with Crippen LogP contribution < -0.4 is 19.7 Å². The number of amides is 4. The molecule has 11 heteroatoms. The number of imide groups is 2. The Balaban J connectivity index is 1.57. The topological polar surface area (TPSA) is 133 Å². The number of nitrogens with one attached hydrogen (secondary N) is 1. The lowest BCUT2D eigenvalue weighted by atomic mass is 10.0. The SMILES string of the molecule is CCOc1ccc(OCC)c(N2C(=O)NC(=O)/C(=C/c3cc(-c4ccccc4)n(-c4ccc([N+](=O)[O-])cc4)c3-c3ccccc3)C2=O)c1. The zero-order chi connectivity index (χ0) is 33.8. The number of carbonyl (C=O) groups is 3. The van der Waals surface area contributed by atoms with E-state index in [4.69, 9.17) is 9.47 Å². The maximum Gasteiger partial charge on any atom is 0.336 e. The first kappa shape index (κ1) is 31.5. The first-order valence-electron chi connectivity index (χ1n) is 15.2. The van der Waals surface area contributed by atoms with Crippen LogP contribution in [0.15, 0.2) is 115 Å². The van der Waals surface area contributed by atoms with Crippen LogP contribution in [0.2, 0.25) is 0 Å². The number of barbiturate groups is 1. The second-order valence-electron chi connectivity index (χ2n) is 10.6. The van der Waals surface area contributed by atoms with Crippen LogP contribution in [-0.2, 0) is 9.59 Å². The fraction of sp³-hybridized carbons (Fsp3) is 0.108. The highest BCUT2D eigenvalue weighted by molar-refractivity contribution is 6.39. The number of nitrogens with zero attached hydrogens (tertiary/aromatic N) is 3. The summed E-state index contributed by atoms with van der Waals surface area (Å²) < 4.78 is 13.3. The van der Waals surface area contributed by atoms with Crippen molar-refractivity contribution < 1.29 is 28.8 Å². The van der Waals surface area contributed by atoms with Gasteiger partial charge in [0.25, 0.3) is 17.5 Å². The highest BCUT2D eigenvalue weighted by Crippen LogP contribution is 2.39. The van der Waals surface area contributed by atoms with Gasteiger partial charge in [-0.2, -0.15) is 0 Å². The predicted molar refractivity (Wildman–Crippen MR) is 181 cm³/mol. The third kappa shape index (κ3) is 6.04. The Morgan fingerprint density at radius 2 is 1.44 bits per heavy atom. The summed E-state index contributed by atoms with van der Waals surface area (Å²) in [6.07, 6.45) is 1.46. The number of carbonyl (C=O) groups excluding carboxylic acids is 3. The van der Waals surface area contributed by atoms with E-state index >= 15 is 0 Å². The van der Waals surface area contributed by atoms with Gasteiger partial charge in [-0.05, 0) is 61.4 Å². The number of aromatic nitrogens is 1. The summed E-state index contributed by atoms with van der Waals surface area (Å²) in [4.78, 5) is 52.6. The molecule has 0 atom stereocenters. The maximum absolute atomic E-state index is 14.2. The van der Waals surface area contributed by atoms with Crippen molar-refractivity contribution in [2.45, 2.75) is 13.8 Å². The van der Waals surface area contributed by atoms with E-state index in [9.17, 15) is 24.5 Å². The van der Waals surface area contributed by atoms with Crippen LogP contribution in [0.3, 0.4) is 0 Å². The minimum Gasteiger partial charge on any atom is -0.494 e. The van der Waals surface area contributed by atoms with Crippen molar-refractivity contribution in [1.29, 1.82) is 0 Å². The van der Waals surface area contributed by atoms with Gasteiger partial charge < -0.3 is 14.0 Å². The van der Waals surface area contributed by atoms with E-state index in [1.165, 1.54) is 24.3 Å². The van der Waals surface area contributed by atoms with Crippen LogP contribution in [-0.4, -0.2) is 40.5 Å². The molecule has 1 aliphatic rings. The molecular weight excluding hydrogens is 612 g/mol. The lowest BCUT2D eigenvalue weighted by Crippen LogP contribution is -2.54. The van der Waals surface area contributed by atoms with E-state index in [1.54, 1.807) is 31.2 Å². The van der Waals surface area contributed by atoms with Crippen LogP contribution in [0.25, 0.3) is 34.3 Å². The van der Waals surface area contributed by atoms with Gasteiger partial charge in [0.05, 0.1) is 35.2 Å². The molecule has 11 nitrogen and oxygen atoms in total. The molecule has 0 bridgehead atoms. The third-order valence-electron chi connectivity index (χ3n) is 7.65. The molecule has 240 valence electrons. The molecule has 1 saturated heterocycles. The summed E-state index contributed by atoms with van der Waals surface area (Å²) in [6, 6.07) is 30.7. The molecule has 0 unspecified atom stereocenters. The Bertz CT molecular complexity index is 2050. The number of benzene rings is 4. The highest BCUT2D eigenvalue weighted by atomic mass is 16.6. The molecule has 0 spiro atoms. The summed E-state index contributed by atoms with van der Waals surface area (Å²) in [5.41, 5.74) is 3.80. The summed E-state index contributed by atoms with van der Waals surface area (Å²) in [7, 11) is 0. The second-order valence-corrected chi connectivity index (χ2v) is 10.6. The van der Waals surface area contributed by atoms with E-state index in [0.717, 1.165) is 16.0 Å². The molecule has 4 amide bonds. The van der Waals surface area contributed by atoms with Crippen LogP contribution in [0, 0.1) is 10.1 Å². The highest BCUT2D eigenvalue weighted by Gasteiger charge is 2.39. The second kappa shape index (κ2) is 13.5. The molecule has 2 heterocycles. The number of hydrogen-bond acceptors (Lipinski definition) is 7. The molecule has 0 aliphatic carbocycles. The van der Waals surface area contributed by atoms with Crippen molar-refractivity contribution in [3.8, 4) is 39.7 Å². The van der Waals surface area contributed by atoms with Crippen LogP contribution in [0.1, 0.15) is 19.4 Å². The monoisotopic (exact) mass is 642 g/mol. The van der Waals surface area contributed by atoms with Gasteiger partial charge in [0.2, 0.25) is 0 Å². The molecule has 1 fully saturated rings. The van der Waals surface area contributed by atoms with Crippen molar-refractivity contribution in [2.75, 3.05) is 18.1 Å². The lowest BCUT2D eigenvalue weighted by Gasteiger charge is -2.28. The standard InChI is InChI=1S/C37H30N4O7/c1-3-47-29-19-20-33(48-4-2)32(23-29)40-36(43)30(35(42)38-37(40)44)21-26-22-31(24-11-7-5-8-12-24)39(34(26)25-13-9-6-10-14-25)27-15-17-28(18-16-27)41(45)46/h5-23H,3-4H2,1-2H3,(H,38,42,44)/b30-21-. The lowest BCUT2D eigenvalue weighted by molar-refractivity contribution is -0.384. The Kier molecular flexibility index (Phi) is 8.84. The predicted octanol–water partition coefficient (Wildman–Crippen LogP) is 7.18. The number of rotatable bonds is 10. The van der Waals surface area contributed by atoms with E-state index in [-0.39, 0.29) is 29.3 Å². The van der Waals surface area contributed by atoms with E-state index in [2.05, 4.69) is 5.32 Å². The number of hydrogen-bond donors (Lipinski definition) is 1. The Labute approximate surface area is 275 Å². The summed E-state index contributed by atoms with van der Waals surface area (Å²) >= 11 is 0. The smallest absolute Gasteiger partial charge is 0.336 e. The van der Waals surface area contributed by atoms with Crippen molar-refractivity contribution in [1.82, 2.24) is 9.88 Å².